The van der Waals surface area contributed by atoms with Crippen LogP contribution in [0.1, 0.15) is 41.2 Å². The van der Waals surface area contributed by atoms with E-state index in [2.05, 4.69) is 11.4 Å². The van der Waals surface area contributed by atoms with Crippen molar-refractivity contribution in [3.63, 3.8) is 0 Å². The maximum absolute atomic E-state index is 12.6. The van der Waals surface area contributed by atoms with E-state index in [1.807, 2.05) is 55.5 Å². The molecule has 0 atom stereocenters. The number of ether oxygens (including phenoxy) is 1. The summed E-state index contributed by atoms with van der Waals surface area (Å²) in [6.45, 7) is 4.61. The van der Waals surface area contributed by atoms with Crippen LogP contribution >= 0.6 is 11.6 Å². The Morgan fingerprint density at radius 2 is 1.87 bits per heavy atom. The molecule has 1 heterocycles. The number of aromatic nitrogens is 1. The fourth-order valence-corrected chi connectivity index (χ4v) is 3.78. The van der Waals surface area contributed by atoms with Gasteiger partial charge in [0.15, 0.2) is 0 Å². The summed E-state index contributed by atoms with van der Waals surface area (Å²) in [4.78, 5) is 12.6. The maximum atomic E-state index is 12.6. The van der Waals surface area contributed by atoms with E-state index in [0.29, 0.717) is 29.8 Å². The van der Waals surface area contributed by atoms with Gasteiger partial charge in [-0.15, -0.1) is 0 Å². The number of carbonyl (C=O) groups excluding carboxylic acids is 1. The molecule has 0 bridgehead atoms. The second-order valence-electron chi connectivity index (χ2n) is 6.81. The number of hydrogen-bond donors (Lipinski definition) is 1. The lowest BCUT2D eigenvalue weighted by molar-refractivity contribution is 0.0516. The highest BCUT2D eigenvalue weighted by Crippen LogP contribution is 2.34. The summed E-state index contributed by atoms with van der Waals surface area (Å²) >= 11 is 6.22. The van der Waals surface area contributed by atoms with Gasteiger partial charge in [0.1, 0.15) is 11.8 Å². The van der Waals surface area contributed by atoms with Gasteiger partial charge in [-0.25, -0.2) is 4.79 Å². The van der Waals surface area contributed by atoms with Crippen molar-refractivity contribution in [3.05, 3.63) is 76.1 Å². The van der Waals surface area contributed by atoms with Crippen LogP contribution in [-0.2, 0) is 24.8 Å². The first-order valence-electron chi connectivity index (χ1n) is 9.88. The highest BCUT2D eigenvalue weighted by atomic mass is 35.5. The van der Waals surface area contributed by atoms with Crippen molar-refractivity contribution in [2.24, 2.45) is 7.05 Å². The van der Waals surface area contributed by atoms with Gasteiger partial charge >= 0.3 is 5.97 Å². The van der Waals surface area contributed by atoms with Gasteiger partial charge in [-0.3, -0.25) is 0 Å². The van der Waals surface area contributed by atoms with Crippen LogP contribution in [0.25, 0.3) is 11.1 Å². The van der Waals surface area contributed by atoms with E-state index < -0.39 is 5.97 Å². The molecule has 0 saturated heterocycles. The minimum atomic E-state index is -0.424. The van der Waals surface area contributed by atoms with Crippen molar-refractivity contribution in [1.29, 1.82) is 5.26 Å². The summed E-state index contributed by atoms with van der Waals surface area (Å²) in [6.07, 6.45) is 0.642. The Hall–Kier alpha value is -3.23. The molecule has 0 aliphatic rings. The molecule has 3 rings (SSSR count). The maximum Gasteiger partial charge on any atom is 0.355 e. The predicted octanol–water partition coefficient (Wildman–Crippen LogP) is 5.57. The van der Waals surface area contributed by atoms with Crippen LogP contribution in [0, 0.1) is 11.3 Å². The van der Waals surface area contributed by atoms with Gasteiger partial charge in [-0.2, -0.15) is 5.26 Å². The lowest BCUT2D eigenvalue weighted by Gasteiger charge is -2.10. The molecule has 30 heavy (non-hydrogen) atoms. The van der Waals surface area contributed by atoms with E-state index in [0.717, 1.165) is 27.5 Å². The van der Waals surface area contributed by atoms with Gasteiger partial charge in [0.05, 0.1) is 12.2 Å². The summed E-state index contributed by atoms with van der Waals surface area (Å²) < 4.78 is 7.03. The van der Waals surface area contributed by atoms with Crippen LogP contribution in [0.5, 0.6) is 0 Å². The summed E-state index contributed by atoms with van der Waals surface area (Å²) in [6, 6.07) is 17.7. The Bertz CT molecular complexity index is 1090. The third kappa shape index (κ3) is 4.19. The SMILES string of the molecule is CCOC(=O)c1c(-c2ccc(NCc3ccccc3Cl)cc2)c(C#N)c(CC)n1C. The third-order valence-corrected chi connectivity index (χ3v) is 5.41. The van der Waals surface area contributed by atoms with Crippen LogP contribution in [-0.4, -0.2) is 17.1 Å². The lowest BCUT2D eigenvalue weighted by atomic mass is 9.99. The first-order valence-corrected chi connectivity index (χ1v) is 10.3. The topological polar surface area (TPSA) is 67.0 Å². The van der Waals surface area contributed by atoms with Gasteiger partial charge in [-0.05, 0) is 42.7 Å². The van der Waals surface area contributed by atoms with Crippen molar-refractivity contribution in [2.75, 3.05) is 11.9 Å². The molecule has 1 aromatic heterocycles. The summed E-state index contributed by atoms with van der Waals surface area (Å²) in [7, 11) is 1.80. The zero-order chi connectivity index (χ0) is 21.7. The lowest BCUT2D eigenvalue weighted by Crippen LogP contribution is -2.12. The van der Waals surface area contributed by atoms with Crippen molar-refractivity contribution >= 4 is 23.3 Å². The number of esters is 1. The molecule has 0 aliphatic carbocycles. The molecule has 0 radical (unpaired) electrons. The van der Waals surface area contributed by atoms with Gasteiger partial charge < -0.3 is 14.6 Å². The number of hydrogen-bond acceptors (Lipinski definition) is 4. The fourth-order valence-electron chi connectivity index (χ4n) is 3.58. The second kappa shape index (κ2) is 9.51. The standard InChI is InChI=1S/C24H24ClN3O2/c1-4-21-19(14-26)22(23(28(21)3)24(29)30-5-2)16-10-12-18(13-11-16)27-15-17-8-6-7-9-20(17)25/h6-13,27H,4-5,15H2,1-3H3. The monoisotopic (exact) mass is 421 g/mol. The smallest absolute Gasteiger partial charge is 0.355 e. The molecule has 154 valence electrons. The number of nitriles is 1. The molecular formula is C24H24ClN3O2. The van der Waals surface area contributed by atoms with Crippen LogP contribution in [0.4, 0.5) is 5.69 Å². The number of halogens is 1. The molecule has 0 aliphatic heterocycles. The second-order valence-corrected chi connectivity index (χ2v) is 7.22. The zero-order valence-electron chi connectivity index (χ0n) is 17.3. The van der Waals surface area contributed by atoms with Crippen LogP contribution < -0.4 is 5.32 Å². The van der Waals surface area contributed by atoms with Gasteiger partial charge in [0, 0.05) is 35.6 Å². The highest BCUT2D eigenvalue weighted by molar-refractivity contribution is 6.31. The third-order valence-electron chi connectivity index (χ3n) is 5.05. The average Bonchev–Trinajstić information content (AvgIpc) is 3.05. The molecule has 2 aromatic carbocycles. The van der Waals surface area contributed by atoms with E-state index in [1.165, 1.54) is 0 Å². The number of nitrogens with one attached hydrogen (secondary N) is 1. The minimum Gasteiger partial charge on any atom is -0.461 e. The Morgan fingerprint density at radius 1 is 1.17 bits per heavy atom. The first kappa shape index (κ1) is 21.5. The van der Waals surface area contributed by atoms with E-state index in [9.17, 15) is 10.1 Å². The number of nitrogens with zero attached hydrogens (tertiary/aromatic N) is 2. The van der Waals surface area contributed by atoms with Crippen molar-refractivity contribution in [3.8, 4) is 17.2 Å². The summed E-state index contributed by atoms with van der Waals surface area (Å²) in [5.41, 5.74) is 5.08. The van der Waals surface area contributed by atoms with E-state index in [-0.39, 0.29) is 6.61 Å². The number of anilines is 1. The molecule has 6 heteroatoms. The Kier molecular flexibility index (Phi) is 6.81. The van der Waals surface area contributed by atoms with Crippen molar-refractivity contribution in [2.45, 2.75) is 26.8 Å². The normalized spacial score (nSPS) is 10.5. The number of benzene rings is 2. The molecule has 5 nitrogen and oxygen atoms in total. The molecule has 0 saturated carbocycles. The van der Waals surface area contributed by atoms with E-state index in [4.69, 9.17) is 16.3 Å². The zero-order valence-corrected chi connectivity index (χ0v) is 18.1. The van der Waals surface area contributed by atoms with Crippen LogP contribution in [0.15, 0.2) is 48.5 Å². The van der Waals surface area contributed by atoms with E-state index >= 15 is 0 Å². The minimum absolute atomic E-state index is 0.275. The molecule has 0 amide bonds. The van der Waals surface area contributed by atoms with Gasteiger partial charge in [0.25, 0.3) is 0 Å². The predicted molar refractivity (Wildman–Crippen MR) is 120 cm³/mol. The van der Waals surface area contributed by atoms with Crippen molar-refractivity contribution < 1.29 is 9.53 Å². The Balaban J connectivity index is 1.95. The fraction of sp³-hybridized carbons (Fsp3) is 0.250. The molecule has 0 fully saturated rings. The molecule has 0 unspecified atom stereocenters. The van der Waals surface area contributed by atoms with Crippen molar-refractivity contribution in [1.82, 2.24) is 4.57 Å². The number of rotatable bonds is 7. The summed E-state index contributed by atoms with van der Waals surface area (Å²) in [5.74, 6) is -0.424. The van der Waals surface area contributed by atoms with Gasteiger partial charge in [-0.1, -0.05) is 48.9 Å². The molecule has 1 N–H and O–H groups in total. The first-order chi connectivity index (χ1) is 14.5. The molecule has 0 spiro atoms. The highest BCUT2D eigenvalue weighted by Gasteiger charge is 2.26. The molecular weight excluding hydrogens is 398 g/mol. The largest absolute Gasteiger partial charge is 0.461 e. The van der Waals surface area contributed by atoms with Gasteiger partial charge in [0.2, 0.25) is 0 Å². The van der Waals surface area contributed by atoms with Crippen LogP contribution in [0.3, 0.4) is 0 Å². The summed E-state index contributed by atoms with van der Waals surface area (Å²) in [5, 5.41) is 13.9. The van der Waals surface area contributed by atoms with Crippen LogP contribution in [0.2, 0.25) is 5.02 Å². The van der Waals surface area contributed by atoms with E-state index in [1.54, 1.807) is 18.5 Å². The number of carbonyl (C=O) groups is 1. The Morgan fingerprint density at radius 3 is 2.47 bits per heavy atom. The molecule has 3 aromatic rings. The quantitative estimate of drug-likeness (QED) is 0.506. The Labute approximate surface area is 181 Å². The average molecular weight is 422 g/mol.